The highest BCUT2D eigenvalue weighted by molar-refractivity contribution is 5.19. The molecule has 0 aromatic heterocycles. The van der Waals surface area contributed by atoms with E-state index >= 15 is 0 Å². The van der Waals surface area contributed by atoms with Crippen LogP contribution in [-0.4, -0.2) is 12.6 Å². The van der Waals surface area contributed by atoms with E-state index in [1.165, 1.54) is 31.0 Å². The second-order valence-electron chi connectivity index (χ2n) is 5.62. The maximum absolute atomic E-state index is 13.6. The molecule has 3 heteroatoms. The first-order chi connectivity index (χ1) is 9.19. The minimum absolute atomic E-state index is 0.273. The van der Waals surface area contributed by atoms with Gasteiger partial charge in [0.05, 0.1) is 0 Å². The molecule has 2 atom stereocenters. The van der Waals surface area contributed by atoms with E-state index in [4.69, 9.17) is 0 Å². The topological polar surface area (TPSA) is 12.0 Å². The summed E-state index contributed by atoms with van der Waals surface area (Å²) in [4.78, 5) is 0. The van der Waals surface area contributed by atoms with Gasteiger partial charge in [0.2, 0.25) is 0 Å². The Bertz CT molecular complexity index is 406. The van der Waals surface area contributed by atoms with Crippen LogP contribution in [0.25, 0.3) is 0 Å². The molecule has 1 aliphatic carbocycles. The second-order valence-corrected chi connectivity index (χ2v) is 5.62. The Kier molecular flexibility index (Phi) is 5.32. The minimum Gasteiger partial charge on any atom is -0.314 e. The van der Waals surface area contributed by atoms with E-state index in [1.807, 2.05) is 0 Å². The monoisotopic (exact) mass is 267 g/mol. The molecule has 1 N–H and O–H groups in total. The van der Waals surface area contributed by atoms with Crippen LogP contribution in [0.1, 0.15) is 44.6 Å². The largest absolute Gasteiger partial charge is 0.314 e. The van der Waals surface area contributed by atoms with Gasteiger partial charge in [-0.3, -0.25) is 0 Å². The summed E-state index contributed by atoms with van der Waals surface area (Å²) in [6.07, 6.45) is 6.40. The minimum atomic E-state index is -0.340. The molecular weight excluding hydrogens is 244 g/mol. The van der Waals surface area contributed by atoms with Gasteiger partial charge in [-0.05, 0) is 61.9 Å². The van der Waals surface area contributed by atoms with Gasteiger partial charge in [0.25, 0.3) is 0 Å². The van der Waals surface area contributed by atoms with E-state index in [9.17, 15) is 8.78 Å². The molecule has 106 valence electrons. The van der Waals surface area contributed by atoms with Gasteiger partial charge in [0.15, 0.2) is 0 Å². The van der Waals surface area contributed by atoms with Crippen molar-refractivity contribution >= 4 is 0 Å². The Morgan fingerprint density at radius 3 is 2.89 bits per heavy atom. The van der Waals surface area contributed by atoms with Crippen LogP contribution in [0.4, 0.5) is 8.78 Å². The molecule has 19 heavy (non-hydrogen) atoms. The van der Waals surface area contributed by atoms with Gasteiger partial charge >= 0.3 is 0 Å². The number of hydrogen-bond donors (Lipinski definition) is 1. The highest BCUT2D eigenvalue weighted by Gasteiger charge is 2.22. The molecule has 0 heterocycles. The van der Waals surface area contributed by atoms with Gasteiger partial charge < -0.3 is 5.32 Å². The Labute approximate surface area is 114 Å². The molecule has 1 saturated carbocycles. The molecule has 0 amide bonds. The quantitative estimate of drug-likeness (QED) is 0.848. The van der Waals surface area contributed by atoms with Crippen LogP contribution in [-0.2, 0) is 6.42 Å². The fourth-order valence-corrected chi connectivity index (χ4v) is 3.02. The van der Waals surface area contributed by atoms with Crippen molar-refractivity contribution in [3.8, 4) is 0 Å². The van der Waals surface area contributed by atoms with Gasteiger partial charge in [0.1, 0.15) is 11.6 Å². The standard InChI is InChI=1S/C16H23F2N/c1-2-8-19-15-5-3-4-12(10-15)9-13-11-14(17)6-7-16(13)18/h6-7,11-12,15,19H,2-5,8-10H2,1H3. The second kappa shape index (κ2) is 6.99. The third-order valence-electron chi connectivity index (χ3n) is 3.98. The molecule has 1 aromatic carbocycles. The lowest BCUT2D eigenvalue weighted by Crippen LogP contribution is -2.35. The lowest BCUT2D eigenvalue weighted by atomic mass is 9.82. The smallest absolute Gasteiger partial charge is 0.126 e. The van der Waals surface area contributed by atoms with Crippen molar-refractivity contribution < 1.29 is 8.78 Å². The number of nitrogens with one attached hydrogen (secondary N) is 1. The van der Waals surface area contributed by atoms with Crippen LogP contribution < -0.4 is 5.32 Å². The van der Waals surface area contributed by atoms with E-state index in [0.717, 1.165) is 25.8 Å². The molecular formula is C16H23F2N. The summed E-state index contributed by atoms with van der Waals surface area (Å²) in [6, 6.07) is 4.32. The number of rotatable bonds is 5. The average molecular weight is 267 g/mol. The van der Waals surface area contributed by atoms with Crippen molar-refractivity contribution in [1.82, 2.24) is 5.32 Å². The molecule has 0 aliphatic heterocycles. The molecule has 0 spiro atoms. The highest BCUT2D eigenvalue weighted by Crippen LogP contribution is 2.28. The molecule has 1 nitrogen and oxygen atoms in total. The van der Waals surface area contributed by atoms with Crippen molar-refractivity contribution in [2.75, 3.05) is 6.54 Å². The molecule has 0 saturated heterocycles. The third-order valence-corrected chi connectivity index (χ3v) is 3.98. The Hall–Kier alpha value is -0.960. The Morgan fingerprint density at radius 2 is 2.11 bits per heavy atom. The summed E-state index contributed by atoms with van der Waals surface area (Å²) in [6.45, 7) is 3.21. The SMILES string of the molecule is CCCNC1CCCC(Cc2cc(F)ccc2F)C1. The Morgan fingerprint density at radius 1 is 1.26 bits per heavy atom. The van der Waals surface area contributed by atoms with Crippen LogP contribution in [0.3, 0.4) is 0 Å². The first-order valence-corrected chi connectivity index (χ1v) is 7.36. The molecule has 1 fully saturated rings. The van der Waals surface area contributed by atoms with Crippen LogP contribution in [0.5, 0.6) is 0 Å². The molecule has 2 rings (SSSR count). The van der Waals surface area contributed by atoms with E-state index < -0.39 is 0 Å². The van der Waals surface area contributed by atoms with Gasteiger partial charge in [-0.1, -0.05) is 19.8 Å². The van der Waals surface area contributed by atoms with Crippen LogP contribution in [0.2, 0.25) is 0 Å². The lowest BCUT2D eigenvalue weighted by Gasteiger charge is -2.30. The van der Waals surface area contributed by atoms with Crippen molar-refractivity contribution in [2.24, 2.45) is 5.92 Å². The van der Waals surface area contributed by atoms with E-state index in [-0.39, 0.29) is 11.6 Å². The first-order valence-electron chi connectivity index (χ1n) is 7.36. The Balaban J connectivity index is 1.93. The van der Waals surface area contributed by atoms with E-state index in [0.29, 0.717) is 23.9 Å². The van der Waals surface area contributed by atoms with E-state index in [2.05, 4.69) is 12.2 Å². The molecule has 1 aromatic rings. The van der Waals surface area contributed by atoms with Gasteiger partial charge in [-0.15, -0.1) is 0 Å². The predicted octanol–water partition coefficient (Wildman–Crippen LogP) is 4.07. The summed E-state index contributed by atoms with van der Waals surface area (Å²) in [7, 11) is 0. The van der Waals surface area contributed by atoms with Crippen molar-refractivity contribution in [3.05, 3.63) is 35.4 Å². The average Bonchev–Trinajstić information content (AvgIpc) is 2.41. The fourth-order valence-electron chi connectivity index (χ4n) is 3.02. The van der Waals surface area contributed by atoms with Crippen molar-refractivity contribution in [1.29, 1.82) is 0 Å². The molecule has 0 radical (unpaired) electrons. The van der Waals surface area contributed by atoms with Crippen LogP contribution in [0, 0.1) is 17.6 Å². The maximum atomic E-state index is 13.6. The van der Waals surface area contributed by atoms with Crippen molar-refractivity contribution in [2.45, 2.75) is 51.5 Å². The zero-order chi connectivity index (χ0) is 13.7. The molecule has 0 bridgehead atoms. The summed E-state index contributed by atoms with van der Waals surface area (Å²) in [5.41, 5.74) is 0.529. The van der Waals surface area contributed by atoms with Crippen LogP contribution >= 0.6 is 0 Å². The third kappa shape index (κ3) is 4.27. The molecule has 2 unspecified atom stereocenters. The van der Waals surface area contributed by atoms with Gasteiger partial charge in [-0.25, -0.2) is 8.78 Å². The van der Waals surface area contributed by atoms with E-state index in [1.54, 1.807) is 0 Å². The van der Waals surface area contributed by atoms with Crippen LogP contribution in [0.15, 0.2) is 18.2 Å². The number of benzene rings is 1. The maximum Gasteiger partial charge on any atom is 0.126 e. The zero-order valence-electron chi connectivity index (χ0n) is 11.6. The summed E-state index contributed by atoms with van der Waals surface area (Å²) in [5, 5.41) is 3.55. The summed E-state index contributed by atoms with van der Waals surface area (Å²) >= 11 is 0. The summed E-state index contributed by atoms with van der Waals surface area (Å²) in [5.74, 6) is -0.141. The fraction of sp³-hybridized carbons (Fsp3) is 0.625. The number of hydrogen-bond acceptors (Lipinski definition) is 1. The highest BCUT2D eigenvalue weighted by atomic mass is 19.1. The number of halogens is 2. The predicted molar refractivity (Wildman–Crippen MR) is 74.1 cm³/mol. The van der Waals surface area contributed by atoms with Gasteiger partial charge in [-0.2, -0.15) is 0 Å². The normalized spacial score (nSPS) is 23.5. The van der Waals surface area contributed by atoms with Gasteiger partial charge in [0, 0.05) is 6.04 Å². The zero-order valence-corrected chi connectivity index (χ0v) is 11.6. The lowest BCUT2D eigenvalue weighted by molar-refractivity contribution is 0.282. The first kappa shape index (κ1) is 14.4. The summed E-state index contributed by atoms with van der Waals surface area (Å²) < 4.78 is 26.8. The molecule has 1 aliphatic rings. The van der Waals surface area contributed by atoms with Crippen molar-refractivity contribution in [3.63, 3.8) is 0 Å².